The topological polar surface area (TPSA) is 37.8 Å². The van der Waals surface area contributed by atoms with Gasteiger partial charge in [0.2, 0.25) is 0 Å². The standard InChI is InChI=1S/C16H19N3S/c1-3-20-13-6-4-12(5-7-13)16-18-11(2)14-8-9-17-10-15(14)19-16/h4-7,17H,3,8-10H2,1-2H3. The van der Waals surface area contributed by atoms with Gasteiger partial charge in [-0.3, -0.25) is 0 Å². The minimum Gasteiger partial charge on any atom is -0.311 e. The first kappa shape index (κ1) is 13.6. The Bertz CT molecular complexity index is 608. The third-order valence-electron chi connectivity index (χ3n) is 3.57. The van der Waals surface area contributed by atoms with E-state index in [4.69, 9.17) is 4.98 Å². The molecule has 0 saturated heterocycles. The Balaban J connectivity index is 1.95. The Morgan fingerprint density at radius 1 is 1.20 bits per heavy atom. The van der Waals surface area contributed by atoms with Crippen molar-refractivity contribution < 1.29 is 0 Å². The molecular weight excluding hydrogens is 266 g/mol. The molecule has 1 aliphatic heterocycles. The van der Waals surface area contributed by atoms with Gasteiger partial charge in [-0.15, -0.1) is 11.8 Å². The lowest BCUT2D eigenvalue weighted by Gasteiger charge is -2.18. The van der Waals surface area contributed by atoms with Crippen LogP contribution in [0.5, 0.6) is 0 Å². The zero-order valence-corrected chi connectivity index (χ0v) is 12.8. The molecule has 3 rings (SSSR count). The second-order valence-electron chi connectivity index (χ2n) is 4.94. The first-order valence-corrected chi connectivity index (χ1v) is 8.07. The van der Waals surface area contributed by atoms with E-state index in [1.807, 2.05) is 11.8 Å². The predicted octanol–water partition coefficient (Wildman–Crippen LogP) is 3.21. The third kappa shape index (κ3) is 2.72. The van der Waals surface area contributed by atoms with Gasteiger partial charge in [-0.05, 0) is 43.3 Å². The van der Waals surface area contributed by atoms with Gasteiger partial charge < -0.3 is 5.32 Å². The van der Waals surface area contributed by atoms with Gasteiger partial charge in [-0.1, -0.05) is 19.1 Å². The lowest BCUT2D eigenvalue weighted by molar-refractivity contribution is 0.620. The summed E-state index contributed by atoms with van der Waals surface area (Å²) in [6.45, 7) is 6.15. The fourth-order valence-electron chi connectivity index (χ4n) is 2.54. The van der Waals surface area contributed by atoms with Crippen molar-refractivity contribution >= 4 is 11.8 Å². The number of benzene rings is 1. The summed E-state index contributed by atoms with van der Waals surface area (Å²) in [7, 11) is 0. The Morgan fingerprint density at radius 3 is 2.75 bits per heavy atom. The molecule has 2 heterocycles. The molecule has 0 saturated carbocycles. The van der Waals surface area contributed by atoms with E-state index >= 15 is 0 Å². The van der Waals surface area contributed by atoms with Crippen molar-refractivity contribution in [2.24, 2.45) is 0 Å². The number of nitrogens with zero attached hydrogens (tertiary/aromatic N) is 2. The highest BCUT2D eigenvalue weighted by molar-refractivity contribution is 7.99. The average Bonchev–Trinajstić information content (AvgIpc) is 2.48. The molecule has 0 spiro atoms. The minimum absolute atomic E-state index is 0.845. The van der Waals surface area contributed by atoms with E-state index in [2.05, 4.69) is 48.4 Å². The summed E-state index contributed by atoms with van der Waals surface area (Å²) in [5.41, 5.74) is 4.71. The van der Waals surface area contributed by atoms with Crippen molar-refractivity contribution in [2.45, 2.75) is 31.7 Å². The molecule has 20 heavy (non-hydrogen) atoms. The van der Waals surface area contributed by atoms with Gasteiger partial charge in [0.1, 0.15) is 0 Å². The highest BCUT2D eigenvalue weighted by Gasteiger charge is 2.15. The highest BCUT2D eigenvalue weighted by Crippen LogP contribution is 2.24. The first-order valence-electron chi connectivity index (χ1n) is 7.08. The molecule has 0 amide bonds. The summed E-state index contributed by atoms with van der Waals surface area (Å²) in [4.78, 5) is 10.7. The highest BCUT2D eigenvalue weighted by atomic mass is 32.2. The molecule has 1 aromatic heterocycles. The van der Waals surface area contributed by atoms with Gasteiger partial charge in [-0.25, -0.2) is 9.97 Å². The Labute approximate surface area is 124 Å². The summed E-state index contributed by atoms with van der Waals surface area (Å²) in [6, 6.07) is 8.55. The molecule has 2 aromatic rings. The molecule has 1 aromatic carbocycles. The summed E-state index contributed by atoms with van der Waals surface area (Å²) in [5.74, 6) is 1.94. The second-order valence-corrected chi connectivity index (χ2v) is 6.28. The van der Waals surface area contributed by atoms with Crippen molar-refractivity contribution in [3.8, 4) is 11.4 Å². The fraction of sp³-hybridized carbons (Fsp3) is 0.375. The number of fused-ring (bicyclic) bond motifs is 1. The summed E-state index contributed by atoms with van der Waals surface area (Å²) in [5, 5.41) is 3.38. The second kappa shape index (κ2) is 5.94. The molecule has 0 unspecified atom stereocenters. The number of aromatic nitrogens is 2. The quantitative estimate of drug-likeness (QED) is 0.879. The normalized spacial score (nSPS) is 14.1. The molecule has 0 aliphatic carbocycles. The van der Waals surface area contributed by atoms with E-state index in [0.717, 1.165) is 48.0 Å². The smallest absolute Gasteiger partial charge is 0.159 e. The van der Waals surface area contributed by atoms with Crippen LogP contribution >= 0.6 is 11.8 Å². The predicted molar refractivity (Wildman–Crippen MR) is 84.0 cm³/mol. The lowest BCUT2D eigenvalue weighted by Crippen LogP contribution is -2.26. The molecule has 0 atom stereocenters. The summed E-state index contributed by atoms with van der Waals surface area (Å²) in [6.07, 6.45) is 1.04. The third-order valence-corrected chi connectivity index (χ3v) is 4.46. The Kier molecular flexibility index (Phi) is 4.03. The van der Waals surface area contributed by atoms with Gasteiger partial charge in [0.05, 0.1) is 5.69 Å². The maximum atomic E-state index is 4.74. The molecule has 4 heteroatoms. The van der Waals surface area contributed by atoms with Crippen LogP contribution in [0.1, 0.15) is 23.9 Å². The van der Waals surface area contributed by atoms with Crippen LogP contribution in [0.2, 0.25) is 0 Å². The zero-order chi connectivity index (χ0) is 13.9. The van der Waals surface area contributed by atoms with Crippen molar-refractivity contribution in [1.82, 2.24) is 15.3 Å². The van der Waals surface area contributed by atoms with Gasteiger partial charge in [0, 0.05) is 22.7 Å². The van der Waals surface area contributed by atoms with Crippen LogP contribution in [0.3, 0.4) is 0 Å². The number of hydrogen-bond donors (Lipinski definition) is 1. The Morgan fingerprint density at radius 2 is 2.00 bits per heavy atom. The van der Waals surface area contributed by atoms with Crippen LogP contribution in [0.15, 0.2) is 29.2 Å². The molecule has 0 fully saturated rings. The van der Waals surface area contributed by atoms with Crippen LogP contribution in [0.4, 0.5) is 0 Å². The molecule has 1 aliphatic rings. The number of aryl methyl sites for hydroxylation is 1. The van der Waals surface area contributed by atoms with E-state index in [0.29, 0.717) is 0 Å². The fourth-order valence-corrected chi connectivity index (χ4v) is 3.20. The molecule has 0 bridgehead atoms. The van der Waals surface area contributed by atoms with E-state index in [1.165, 1.54) is 10.5 Å². The lowest BCUT2D eigenvalue weighted by atomic mass is 10.0. The summed E-state index contributed by atoms with van der Waals surface area (Å²) >= 11 is 1.85. The van der Waals surface area contributed by atoms with Crippen LogP contribution in [-0.4, -0.2) is 22.3 Å². The van der Waals surface area contributed by atoms with Crippen molar-refractivity contribution in [2.75, 3.05) is 12.3 Å². The number of rotatable bonds is 3. The van der Waals surface area contributed by atoms with Crippen LogP contribution < -0.4 is 5.32 Å². The zero-order valence-electron chi connectivity index (χ0n) is 11.9. The largest absolute Gasteiger partial charge is 0.311 e. The molecule has 3 nitrogen and oxygen atoms in total. The van der Waals surface area contributed by atoms with Gasteiger partial charge >= 0.3 is 0 Å². The SMILES string of the molecule is CCSc1ccc(-c2nc(C)c3c(n2)CNCC3)cc1. The van der Waals surface area contributed by atoms with E-state index in [9.17, 15) is 0 Å². The maximum absolute atomic E-state index is 4.74. The van der Waals surface area contributed by atoms with E-state index in [1.54, 1.807) is 0 Å². The maximum Gasteiger partial charge on any atom is 0.159 e. The molecule has 1 N–H and O–H groups in total. The van der Waals surface area contributed by atoms with Crippen molar-refractivity contribution in [3.63, 3.8) is 0 Å². The molecule has 0 radical (unpaired) electrons. The molecular formula is C16H19N3S. The Hall–Kier alpha value is -1.39. The number of nitrogens with one attached hydrogen (secondary N) is 1. The van der Waals surface area contributed by atoms with Crippen LogP contribution in [0.25, 0.3) is 11.4 Å². The van der Waals surface area contributed by atoms with E-state index in [-0.39, 0.29) is 0 Å². The van der Waals surface area contributed by atoms with Crippen molar-refractivity contribution in [1.29, 1.82) is 0 Å². The van der Waals surface area contributed by atoms with Crippen LogP contribution in [-0.2, 0) is 13.0 Å². The average molecular weight is 285 g/mol. The van der Waals surface area contributed by atoms with Crippen LogP contribution in [0, 0.1) is 6.92 Å². The molecule has 104 valence electrons. The van der Waals surface area contributed by atoms with Gasteiger partial charge in [0.25, 0.3) is 0 Å². The van der Waals surface area contributed by atoms with Gasteiger partial charge in [0.15, 0.2) is 5.82 Å². The minimum atomic E-state index is 0.845. The van der Waals surface area contributed by atoms with E-state index < -0.39 is 0 Å². The number of hydrogen-bond acceptors (Lipinski definition) is 4. The first-order chi connectivity index (χ1) is 9.78. The van der Waals surface area contributed by atoms with Gasteiger partial charge in [-0.2, -0.15) is 0 Å². The number of thioether (sulfide) groups is 1. The van der Waals surface area contributed by atoms with Crippen molar-refractivity contribution in [3.05, 3.63) is 41.2 Å². The summed E-state index contributed by atoms with van der Waals surface area (Å²) < 4.78 is 0. The monoisotopic (exact) mass is 285 g/mol.